The van der Waals surface area contributed by atoms with E-state index >= 15 is 0 Å². The van der Waals surface area contributed by atoms with Crippen LogP contribution >= 0.6 is 0 Å². The fourth-order valence-corrected chi connectivity index (χ4v) is 2.58. The molecule has 1 atom stereocenters. The molecule has 6 nitrogen and oxygen atoms in total. The third-order valence-corrected chi connectivity index (χ3v) is 3.70. The largest absolute Gasteiger partial charge is 0.494 e. The van der Waals surface area contributed by atoms with Crippen LogP contribution in [0, 0.1) is 15.9 Å². The van der Waals surface area contributed by atoms with Gasteiger partial charge in [0.15, 0.2) is 11.6 Å². The third-order valence-electron chi connectivity index (χ3n) is 3.70. The molecule has 2 aromatic rings. The minimum Gasteiger partial charge on any atom is -0.494 e. The predicted molar refractivity (Wildman–Crippen MR) is 82.7 cm³/mol. The Balaban J connectivity index is 1.75. The molecule has 0 aliphatic carbocycles. The van der Waals surface area contributed by atoms with Crippen molar-refractivity contribution in [3.8, 4) is 11.5 Å². The molecule has 0 spiro atoms. The zero-order valence-electron chi connectivity index (χ0n) is 12.4. The van der Waals surface area contributed by atoms with E-state index in [1.807, 2.05) is 24.3 Å². The molecule has 7 heteroatoms. The summed E-state index contributed by atoms with van der Waals surface area (Å²) in [6.07, 6.45) is 0.581. The van der Waals surface area contributed by atoms with Crippen LogP contribution in [0.15, 0.2) is 36.4 Å². The molecular weight excluding hydrogens is 303 g/mol. The Kier molecular flexibility index (Phi) is 4.01. The number of ether oxygens (including phenoxy) is 2. The summed E-state index contributed by atoms with van der Waals surface area (Å²) in [5.74, 6) is 0.00786. The maximum absolute atomic E-state index is 13.6. The Morgan fingerprint density at radius 3 is 2.91 bits per heavy atom. The molecule has 0 saturated carbocycles. The van der Waals surface area contributed by atoms with E-state index in [2.05, 4.69) is 5.32 Å². The highest BCUT2D eigenvalue weighted by atomic mass is 19.1. The van der Waals surface area contributed by atoms with Gasteiger partial charge in [-0.05, 0) is 11.6 Å². The van der Waals surface area contributed by atoms with Gasteiger partial charge in [-0.1, -0.05) is 18.2 Å². The van der Waals surface area contributed by atoms with Crippen molar-refractivity contribution >= 4 is 11.4 Å². The lowest BCUT2D eigenvalue weighted by Crippen LogP contribution is -2.24. The Bertz CT molecular complexity index is 726. The second kappa shape index (κ2) is 6.12. The van der Waals surface area contributed by atoms with E-state index < -0.39 is 10.7 Å². The lowest BCUT2D eigenvalue weighted by molar-refractivity contribution is -0.384. The zero-order valence-corrected chi connectivity index (χ0v) is 12.4. The lowest BCUT2D eigenvalue weighted by Gasteiger charge is -2.14. The average molecular weight is 318 g/mol. The highest BCUT2D eigenvalue weighted by Crippen LogP contribution is 2.33. The molecule has 1 N–H and O–H groups in total. The van der Waals surface area contributed by atoms with E-state index in [-0.39, 0.29) is 23.2 Å². The number of halogens is 1. The monoisotopic (exact) mass is 318 g/mol. The number of nitro benzene ring substituents is 1. The molecule has 1 heterocycles. The van der Waals surface area contributed by atoms with Crippen LogP contribution < -0.4 is 14.8 Å². The molecule has 23 heavy (non-hydrogen) atoms. The number of methoxy groups -OCH3 is 1. The fraction of sp³-hybridized carbons (Fsp3) is 0.250. The lowest BCUT2D eigenvalue weighted by atomic mass is 10.1. The highest BCUT2D eigenvalue weighted by molar-refractivity contribution is 5.64. The van der Waals surface area contributed by atoms with Crippen molar-refractivity contribution in [3.63, 3.8) is 0 Å². The van der Waals surface area contributed by atoms with Gasteiger partial charge >= 0.3 is 0 Å². The third kappa shape index (κ3) is 3.03. The van der Waals surface area contributed by atoms with Crippen molar-refractivity contribution in [1.29, 1.82) is 0 Å². The maximum Gasteiger partial charge on any atom is 0.295 e. The minimum atomic E-state index is -0.769. The second-order valence-electron chi connectivity index (χ2n) is 5.19. The molecule has 1 aliphatic rings. The number of nitrogens with zero attached hydrogens (tertiary/aromatic N) is 1. The van der Waals surface area contributed by atoms with Crippen molar-refractivity contribution in [2.24, 2.45) is 0 Å². The number of fused-ring (bicyclic) bond motifs is 1. The van der Waals surface area contributed by atoms with Crippen molar-refractivity contribution in [2.45, 2.75) is 12.5 Å². The summed E-state index contributed by atoms with van der Waals surface area (Å²) in [7, 11) is 1.31. The van der Waals surface area contributed by atoms with Crippen LogP contribution in [0.4, 0.5) is 15.8 Å². The van der Waals surface area contributed by atoms with Crippen LogP contribution in [0.5, 0.6) is 11.5 Å². The number of para-hydroxylation sites is 1. The van der Waals surface area contributed by atoms with Gasteiger partial charge in [0.25, 0.3) is 5.69 Å². The molecule has 0 fully saturated rings. The molecule has 0 radical (unpaired) electrons. The summed E-state index contributed by atoms with van der Waals surface area (Å²) >= 11 is 0. The second-order valence-corrected chi connectivity index (χ2v) is 5.19. The molecule has 1 aliphatic heterocycles. The van der Waals surface area contributed by atoms with Crippen molar-refractivity contribution in [3.05, 3.63) is 57.9 Å². The fourth-order valence-electron chi connectivity index (χ4n) is 2.58. The number of hydrogen-bond donors (Lipinski definition) is 1. The van der Waals surface area contributed by atoms with Gasteiger partial charge in [0.2, 0.25) is 0 Å². The summed E-state index contributed by atoms with van der Waals surface area (Å²) in [6.45, 7) is 0.365. The normalized spacial score (nSPS) is 15.7. The molecule has 0 bridgehead atoms. The summed E-state index contributed by atoms with van der Waals surface area (Å²) in [4.78, 5) is 10.4. The van der Waals surface area contributed by atoms with Gasteiger partial charge in [0, 0.05) is 12.5 Å². The van der Waals surface area contributed by atoms with Crippen LogP contribution in [-0.4, -0.2) is 24.7 Å². The number of nitro groups is 1. The highest BCUT2D eigenvalue weighted by Gasteiger charge is 2.24. The first-order valence-corrected chi connectivity index (χ1v) is 7.09. The smallest absolute Gasteiger partial charge is 0.295 e. The van der Waals surface area contributed by atoms with E-state index in [9.17, 15) is 14.5 Å². The van der Waals surface area contributed by atoms with E-state index in [4.69, 9.17) is 9.47 Å². The quantitative estimate of drug-likeness (QED) is 0.677. The molecule has 2 aromatic carbocycles. The van der Waals surface area contributed by atoms with Gasteiger partial charge in [0.05, 0.1) is 24.6 Å². The van der Waals surface area contributed by atoms with Crippen molar-refractivity contribution in [1.82, 2.24) is 0 Å². The van der Waals surface area contributed by atoms with Gasteiger partial charge in [-0.25, -0.2) is 4.39 Å². The maximum atomic E-state index is 13.6. The zero-order chi connectivity index (χ0) is 16.4. The summed E-state index contributed by atoms with van der Waals surface area (Å²) in [5, 5.41) is 14.0. The Morgan fingerprint density at radius 2 is 2.22 bits per heavy atom. The first-order chi connectivity index (χ1) is 11.1. The van der Waals surface area contributed by atoms with Crippen molar-refractivity contribution in [2.75, 3.05) is 19.0 Å². The Hall–Kier alpha value is -2.83. The first-order valence-electron chi connectivity index (χ1n) is 7.09. The van der Waals surface area contributed by atoms with Gasteiger partial charge in [-0.2, -0.15) is 0 Å². The topological polar surface area (TPSA) is 73.6 Å². The van der Waals surface area contributed by atoms with Gasteiger partial charge < -0.3 is 14.8 Å². The minimum absolute atomic E-state index is 0.0475. The average Bonchev–Trinajstić information content (AvgIpc) is 2.96. The Morgan fingerprint density at radius 1 is 1.43 bits per heavy atom. The molecular formula is C16H15FN2O4. The number of nitrogens with one attached hydrogen (secondary N) is 1. The standard InChI is InChI=1S/C16H15FN2O4/c1-22-16-8-13(14(19(20)21)7-12(16)17)18-9-11-6-10-4-2-3-5-15(10)23-11/h2-5,7-8,11,18H,6,9H2,1H3. The number of hydrogen-bond acceptors (Lipinski definition) is 5. The molecule has 0 amide bonds. The van der Waals surface area contributed by atoms with Gasteiger partial charge in [-0.3, -0.25) is 10.1 Å². The Labute approximate surface area is 132 Å². The van der Waals surface area contributed by atoms with Gasteiger partial charge in [0.1, 0.15) is 17.5 Å². The van der Waals surface area contributed by atoms with Crippen LogP contribution in [-0.2, 0) is 6.42 Å². The molecule has 0 aromatic heterocycles. The van der Waals surface area contributed by atoms with E-state index in [1.54, 1.807) is 0 Å². The van der Waals surface area contributed by atoms with E-state index in [0.717, 1.165) is 23.8 Å². The predicted octanol–water partition coefficient (Wildman–Crippen LogP) is 3.16. The first kappa shape index (κ1) is 15.1. The van der Waals surface area contributed by atoms with Crippen LogP contribution in [0.2, 0.25) is 0 Å². The van der Waals surface area contributed by atoms with E-state index in [1.165, 1.54) is 13.2 Å². The SMILES string of the molecule is COc1cc(NCC2Cc3ccccc3O2)c([N+](=O)[O-])cc1F. The van der Waals surface area contributed by atoms with Crippen LogP contribution in [0.1, 0.15) is 5.56 Å². The number of benzene rings is 2. The number of rotatable bonds is 5. The summed E-state index contributed by atoms with van der Waals surface area (Å²) < 4.78 is 24.3. The molecule has 3 rings (SSSR count). The summed E-state index contributed by atoms with van der Waals surface area (Å²) in [5.41, 5.74) is 0.970. The number of anilines is 1. The summed E-state index contributed by atoms with van der Waals surface area (Å²) in [6, 6.07) is 9.84. The van der Waals surface area contributed by atoms with E-state index in [0.29, 0.717) is 6.54 Å². The van der Waals surface area contributed by atoms with Gasteiger partial charge in [-0.15, -0.1) is 0 Å². The van der Waals surface area contributed by atoms with Crippen LogP contribution in [0.3, 0.4) is 0 Å². The molecule has 0 saturated heterocycles. The molecule has 120 valence electrons. The molecule has 1 unspecified atom stereocenters. The van der Waals surface area contributed by atoms with Crippen LogP contribution in [0.25, 0.3) is 0 Å². The van der Waals surface area contributed by atoms with Crippen molar-refractivity contribution < 1.29 is 18.8 Å².